The quantitative estimate of drug-likeness (QED) is 0.731. The topological polar surface area (TPSA) is 32.5 Å². The molecule has 0 fully saturated rings. The van der Waals surface area contributed by atoms with Gasteiger partial charge < -0.3 is 15.5 Å². The van der Waals surface area contributed by atoms with Crippen LogP contribution in [0.5, 0.6) is 0 Å². The predicted octanol–water partition coefficient (Wildman–Crippen LogP) is 3.14. The maximum Gasteiger partial charge on any atom is 0.0386 e. The Balaban J connectivity index is 2.55. The van der Waals surface area contributed by atoms with Crippen molar-refractivity contribution in [1.29, 1.82) is 0 Å². The largest absolute Gasteiger partial charge is 0.398 e. The van der Waals surface area contributed by atoms with Crippen LogP contribution < -0.4 is 10.6 Å². The van der Waals surface area contributed by atoms with Gasteiger partial charge in [-0.05, 0) is 57.6 Å². The molecule has 0 aromatic heterocycles. The van der Waals surface area contributed by atoms with Crippen molar-refractivity contribution in [2.75, 3.05) is 43.4 Å². The summed E-state index contributed by atoms with van der Waals surface area (Å²) >= 11 is 0. The van der Waals surface area contributed by atoms with E-state index in [9.17, 15) is 0 Å². The molecule has 1 rings (SSSR count). The maximum atomic E-state index is 6.00. The molecule has 0 aliphatic rings. The lowest BCUT2D eigenvalue weighted by molar-refractivity contribution is 0.301. The van der Waals surface area contributed by atoms with Crippen LogP contribution in [-0.4, -0.2) is 37.6 Å². The number of nitrogens with two attached hydrogens (primary N) is 1. The fourth-order valence-electron chi connectivity index (χ4n) is 2.32. The van der Waals surface area contributed by atoms with Gasteiger partial charge >= 0.3 is 0 Å². The van der Waals surface area contributed by atoms with Crippen LogP contribution in [0.15, 0.2) is 18.2 Å². The van der Waals surface area contributed by atoms with Gasteiger partial charge in [0.2, 0.25) is 0 Å². The van der Waals surface area contributed by atoms with Gasteiger partial charge in [0.05, 0.1) is 0 Å². The van der Waals surface area contributed by atoms with Crippen molar-refractivity contribution in [2.45, 2.75) is 34.1 Å². The second kappa shape index (κ2) is 8.05. The summed E-state index contributed by atoms with van der Waals surface area (Å²) in [6.07, 6.45) is 1.20. The fraction of sp³-hybridized carbons (Fsp3) is 0.625. The van der Waals surface area contributed by atoms with E-state index in [-0.39, 0.29) is 0 Å². The number of benzene rings is 1. The van der Waals surface area contributed by atoms with E-state index in [4.69, 9.17) is 5.73 Å². The Labute approximate surface area is 118 Å². The van der Waals surface area contributed by atoms with Crippen LogP contribution in [0, 0.1) is 6.92 Å². The molecule has 0 heterocycles. The van der Waals surface area contributed by atoms with Crippen molar-refractivity contribution < 1.29 is 0 Å². The zero-order valence-electron chi connectivity index (χ0n) is 12.9. The van der Waals surface area contributed by atoms with Crippen molar-refractivity contribution in [1.82, 2.24) is 4.90 Å². The molecule has 0 amide bonds. The predicted molar refractivity (Wildman–Crippen MR) is 85.9 cm³/mol. The monoisotopic (exact) mass is 263 g/mol. The van der Waals surface area contributed by atoms with Gasteiger partial charge in [-0.25, -0.2) is 0 Å². The molecule has 0 bridgehead atoms. The van der Waals surface area contributed by atoms with E-state index in [1.807, 2.05) is 0 Å². The molecule has 0 saturated carbocycles. The second-order valence-electron chi connectivity index (χ2n) is 5.00. The summed E-state index contributed by atoms with van der Waals surface area (Å²) in [5.74, 6) is 0. The zero-order valence-corrected chi connectivity index (χ0v) is 12.9. The van der Waals surface area contributed by atoms with Crippen molar-refractivity contribution >= 4 is 11.4 Å². The third-order valence-electron chi connectivity index (χ3n) is 3.81. The summed E-state index contributed by atoms with van der Waals surface area (Å²) in [4.78, 5) is 4.87. The van der Waals surface area contributed by atoms with Crippen molar-refractivity contribution in [2.24, 2.45) is 0 Å². The number of nitrogens with zero attached hydrogens (tertiary/aromatic N) is 2. The molecule has 0 unspecified atom stereocenters. The minimum atomic E-state index is 0.889. The molecule has 19 heavy (non-hydrogen) atoms. The first kappa shape index (κ1) is 15.8. The number of rotatable bonds is 8. The molecule has 0 saturated heterocycles. The minimum Gasteiger partial charge on any atom is -0.398 e. The summed E-state index contributed by atoms with van der Waals surface area (Å²) in [7, 11) is 0. The molecule has 0 aliphatic carbocycles. The number of nitrogen functional groups attached to an aromatic ring is 1. The molecule has 0 atom stereocenters. The zero-order chi connectivity index (χ0) is 14.3. The molecule has 1 aromatic carbocycles. The average Bonchev–Trinajstić information content (AvgIpc) is 2.42. The van der Waals surface area contributed by atoms with Gasteiger partial charge in [0.25, 0.3) is 0 Å². The van der Waals surface area contributed by atoms with Gasteiger partial charge in [-0.3, -0.25) is 0 Å². The highest BCUT2D eigenvalue weighted by molar-refractivity contribution is 5.59. The Kier molecular flexibility index (Phi) is 6.71. The van der Waals surface area contributed by atoms with Crippen LogP contribution in [0.2, 0.25) is 0 Å². The maximum absolute atomic E-state index is 6.00. The molecule has 0 aliphatic heterocycles. The van der Waals surface area contributed by atoms with E-state index in [0.29, 0.717) is 0 Å². The first-order valence-electron chi connectivity index (χ1n) is 7.45. The number of aryl methyl sites for hydroxylation is 1. The van der Waals surface area contributed by atoms with Gasteiger partial charge in [0.15, 0.2) is 0 Å². The van der Waals surface area contributed by atoms with E-state index in [1.165, 1.54) is 18.7 Å². The van der Waals surface area contributed by atoms with E-state index in [0.717, 1.165) is 37.4 Å². The molecule has 0 radical (unpaired) electrons. The van der Waals surface area contributed by atoms with Gasteiger partial charge in [0.1, 0.15) is 0 Å². The van der Waals surface area contributed by atoms with Gasteiger partial charge in [-0.2, -0.15) is 0 Å². The molecular weight excluding hydrogens is 234 g/mol. The lowest BCUT2D eigenvalue weighted by Crippen LogP contribution is -2.30. The average molecular weight is 263 g/mol. The van der Waals surface area contributed by atoms with Gasteiger partial charge in [-0.1, -0.05) is 19.9 Å². The Morgan fingerprint density at radius 2 is 1.68 bits per heavy atom. The first-order chi connectivity index (χ1) is 9.12. The molecule has 3 nitrogen and oxygen atoms in total. The van der Waals surface area contributed by atoms with E-state index in [1.54, 1.807) is 0 Å². The first-order valence-corrected chi connectivity index (χ1v) is 7.45. The summed E-state index contributed by atoms with van der Waals surface area (Å²) < 4.78 is 0. The highest BCUT2D eigenvalue weighted by atomic mass is 15.1. The van der Waals surface area contributed by atoms with E-state index >= 15 is 0 Å². The smallest absolute Gasteiger partial charge is 0.0386 e. The number of anilines is 2. The number of hydrogen-bond donors (Lipinski definition) is 1. The molecule has 108 valence electrons. The Hall–Kier alpha value is -1.22. The minimum absolute atomic E-state index is 0.889. The number of hydrogen-bond acceptors (Lipinski definition) is 3. The van der Waals surface area contributed by atoms with Gasteiger partial charge in [-0.15, -0.1) is 0 Å². The van der Waals surface area contributed by atoms with Crippen LogP contribution >= 0.6 is 0 Å². The van der Waals surface area contributed by atoms with Crippen LogP contribution in [0.4, 0.5) is 11.4 Å². The van der Waals surface area contributed by atoms with Crippen LogP contribution in [0.3, 0.4) is 0 Å². The lowest BCUT2D eigenvalue weighted by Gasteiger charge is -2.25. The van der Waals surface area contributed by atoms with Crippen molar-refractivity contribution in [3.63, 3.8) is 0 Å². The Morgan fingerprint density at radius 1 is 1.00 bits per heavy atom. The molecule has 2 N–H and O–H groups in total. The summed E-state index contributed by atoms with van der Waals surface area (Å²) in [5, 5.41) is 0. The highest BCUT2D eigenvalue weighted by Gasteiger charge is 2.06. The molecule has 1 aromatic rings. The van der Waals surface area contributed by atoms with Crippen molar-refractivity contribution in [3.05, 3.63) is 23.8 Å². The van der Waals surface area contributed by atoms with Crippen molar-refractivity contribution in [3.8, 4) is 0 Å². The van der Waals surface area contributed by atoms with Gasteiger partial charge in [0, 0.05) is 24.5 Å². The Morgan fingerprint density at radius 3 is 2.21 bits per heavy atom. The van der Waals surface area contributed by atoms with E-state index in [2.05, 4.69) is 55.7 Å². The molecule has 0 spiro atoms. The van der Waals surface area contributed by atoms with Crippen LogP contribution in [-0.2, 0) is 0 Å². The van der Waals surface area contributed by atoms with E-state index < -0.39 is 0 Å². The third kappa shape index (κ3) is 4.75. The fourth-order valence-corrected chi connectivity index (χ4v) is 2.32. The second-order valence-corrected chi connectivity index (χ2v) is 5.00. The Bertz CT molecular complexity index is 372. The normalized spacial score (nSPS) is 11.0. The molecular formula is C16H29N3. The SMILES string of the molecule is CCN(CC)CCCN(CC)c1ccc(C)c(N)c1. The third-order valence-corrected chi connectivity index (χ3v) is 3.81. The molecule has 3 heteroatoms. The van der Waals surface area contributed by atoms with Crippen LogP contribution in [0.25, 0.3) is 0 Å². The lowest BCUT2D eigenvalue weighted by atomic mass is 10.1. The van der Waals surface area contributed by atoms with Crippen LogP contribution in [0.1, 0.15) is 32.8 Å². The summed E-state index contributed by atoms with van der Waals surface area (Å²) in [6, 6.07) is 6.38. The highest BCUT2D eigenvalue weighted by Crippen LogP contribution is 2.21. The standard InChI is InChI=1S/C16H29N3/c1-5-18(6-2)11-8-12-19(7-3)15-10-9-14(4)16(17)13-15/h9-10,13H,5-8,11-12,17H2,1-4H3. The summed E-state index contributed by atoms with van der Waals surface area (Å²) in [6.45, 7) is 14.3. The summed E-state index contributed by atoms with van der Waals surface area (Å²) in [5.41, 5.74) is 9.28.